The van der Waals surface area contributed by atoms with E-state index < -0.39 is 0 Å². The second-order valence-corrected chi connectivity index (χ2v) is 7.93. The van der Waals surface area contributed by atoms with Gasteiger partial charge in [0.2, 0.25) is 0 Å². The summed E-state index contributed by atoms with van der Waals surface area (Å²) in [7, 11) is 0. The summed E-state index contributed by atoms with van der Waals surface area (Å²) >= 11 is 0. The van der Waals surface area contributed by atoms with E-state index in [1.54, 1.807) is 5.56 Å². The molecule has 1 radical (unpaired) electrons. The van der Waals surface area contributed by atoms with Crippen LogP contribution in [0.25, 0.3) is 5.57 Å². The maximum absolute atomic E-state index is 3.27. The molecule has 4 rings (SSSR count). The number of benzene rings is 1. The summed E-state index contributed by atoms with van der Waals surface area (Å²) in [4.78, 5) is 0. The van der Waals surface area contributed by atoms with Gasteiger partial charge < -0.3 is 0 Å². The van der Waals surface area contributed by atoms with Gasteiger partial charge in [-0.05, 0) is 59.8 Å². The lowest BCUT2D eigenvalue weighted by atomic mass is 9.67. The highest BCUT2D eigenvalue weighted by atomic mass is 14.4. The Hall–Kier alpha value is -1.74. The van der Waals surface area contributed by atoms with E-state index in [0.717, 1.165) is 12.8 Å². The molecule has 0 atom stereocenters. The molecule has 0 amide bonds. The summed E-state index contributed by atoms with van der Waals surface area (Å²) in [5, 5.41) is 0. The van der Waals surface area contributed by atoms with E-state index in [-0.39, 0.29) is 0 Å². The number of hydrogen-bond acceptors (Lipinski definition) is 0. The van der Waals surface area contributed by atoms with Crippen molar-refractivity contribution in [2.24, 2.45) is 0 Å². The van der Waals surface area contributed by atoms with Crippen molar-refractivity contribution < 1.29 is 0 Å². The Morgan fingerprint density at radius 3 is 2.32 bits per heavy atom. The Morgan fingerprint density at radius 1 is 0.960 bits per heavy atom. The third-order valence-electron chi connectivity index (χ3n) is 6.51. The first-order chi connectivity index (χ1) is 12.3. The molecule has 0 unspecified atom stereocenters. The zero-order chi connectivity index (χ0) is 17.3. The summed E-state index contributed by atoms with van der Waals surface area (Å²) in [5.74, 6) is 6.47. The zero-order valence-electron chi connectivity index (χ0n) is 15.8. The van der Waals surface area contributed by atoms with Gasteiger partial charge in [0.25, 0.3) is 0 Å². The molecule has 1 saturated carbocycles. The largest absolute Gasteiger partial charge is 0.0654 e. The van der Waals surface area contributed by atoms with Gasteiger partial charge >= 0.3 is 0 Å². The fourth-order valence-corrected chi connectivity index (χ4v) is 5.16. The highest BCUT2D eigenvalue weighted by Gasteiger charge is 2.33. The van der Waals surface area contributed by atoms with Crippen LogP contribution in [0.15, 0.2) is 41.0 Å². The lowest BCUT2D eigenvalue weighted by Crippen LogP contribution is -2.28. The average Bonchev–Trinajstić information content (AvgIpc) is 2.63. The van der Waals surface area contributed by atoms with Gasteiger partial charge in [-0.3, -0.25) is 0 Å². The van der Waals surface area contributed by atoms with Crippen LogP contribution in [-0.2, 0) is 5.41 Å². The van der Waals surface area contributed by atoms with E-state index >= 15 is 0 Å². The average molecular weight is 330 g/mol. The summed E-state index contributed by atoms with van der Waals surface area (Å²) in [6.07, 6.45) is 14.0. The van der Waals surface area contributed by atoms with Crippen molar-refractivity contribution in [1.29, 1.82) is 0 Å². The van der Waals surface area contributed by atoms with Crippen LogP contribution in [-0.4, -0.2) is 0 Å². The van der Waals surface area contributed by atoms with Crippen molar-refractivity contribution in [3.63, 3.8) is 0 Å². The Bertz CT molecular complexity index is 762. The topological polar surface area (TPSA) is 0 Å². The van der Waals surface area contributed by atoms with Crippen LogP contribution in [0.1, 0.15) is 82.8 Å². The molecule has 0 spiro atoms. The van der Waals surface area contributed by atoms with Gasteiger partial charge in [0.05, 0.1) is 0 Å². The zero-order valence-corrected chi connectivity index (χ0v) is 15.8. The minimum Gasteiger partial charge on any atom is -0.0654 e. The molecular formula is C25H29. The molecule has 0 heteroatoms. The SMILES string of the molecule is CCCC1(c2ccc(C3=C(CC)C4=C(C#C4)[CH]C3)cc2)CCCCC1. The molecule has 25 heavy (non-hydrogen) atoms. The van der Waals surface area contributed by atoms with Crippen LogP contribution < -0.4 is 0 Å². The second-order valence-electron chi connectivity index (χ2n) is 7.93. The first-order valence-corrected chi connectivity index (χ1v) is 10.2. The minimum atomic E-state index is 0.446. The van der Waals surface area contributed by atoms with Crippen LogP contribution in [0.5, 0.6) is 0 Å². The van der Waals surface area contributed by atoms with Crippen molar-refractivity contribution >= 4 is 5.57 Å². The van der Waals surface area contributed by atoms with E-state index in [2.05, 4.69) is 56.4 Å². The third-order valence-corrected chi connectivity index (χ3v) is 6.51. The molecule has 0 aliphatic heterocycles. The van der Waals surface area contributed by atoms with Crippen LogP contribution in [0.4, 0.5) is 0 Å². The van der Waals surface area contributed by atoms with Gasteiger partial charge in [-0.1, -0.05) is 75.6 Å². The van der Waals surface area contributed by atoms with E-state index in [1.165, 1.54) is 72.8 Å². The number of hydrogen-bond donors (Lipinski definition) is 0. The van der Waals surface area contributed by atoms with Crippen molar-refractivity contribution in [2.75, 3.05) is 0 Å². The summed E-state index contributed by atoms with van der Waals surface area (Å²) in [5.41, 5.74) is 8.99. The molecule has 129 valence electrons. The van der Waals surface area contributed by atoms with Crippen LogP contribution >= 0.6 is 0 Å². The van der Waals surface area contributed by atoms with E-state index in [4.69, 9.17) is 0 Å². The molecule has 0 aromatic heterocycles. The summed E-state index contributed by atoms with van der Waals surface area (Å²) in [6.45, 7) is 4.60. The highest BCUT2D eigenvalue weighted by Crippen LogP contribution is 2.44. The van der Waals surface area contributed by atoms with Gasteiger partial charge in [0.1, 0.15) is 0 Å². The fraction of sp³-hybridized carbons (Fsp3) is 0.480. The summed E-state index contributed by atoms with van der Waals surface area (Å²) in [6, 6.07) is 9.65. The minimum absolute atomic E-state index is 0.446. The maximum atomic E-state index is 3.27. The van der Waals surface area contributed by atoms with Gasteiger partial charge in [0.15, 0.2) is 0 Å². The normalized spacial score (nSPS) is 21.4. The molecule has 3 aliphatic carbocycles. The molecule has 0 bridgehead atoms. The van der Waals surface area contributed by atoms with Gasteiger partial charge in [-0.2, -0.15) is 0 Å². The van der Waals surface area contributed by atoms with Gasteiger partial charge in [-0.25, -0.2) is 0 Å². The molecule has 1 aromatic rings. The lowest BCUT2D eigenvalue weighted by molar-refractivity contribution is 0.271. The van der Waals surface area contributed by atoms with Gasteiger partial charge in [-0.15, -0.1) is 0 Å². The third kappa shape index (κ3) is 2.89. The molecule has 1 fully saturated rings. The molecular weight excluding hydrogens is 300 g/mol. The fourth-order valence-electron chi connectivity index (χ4n) is 5.16. The Kier molecular flexibility index (Phi) is 4.60. The second kappa shape index (κ2) is 6.87. The van der Waals surface area contributed by atoms with Crippen LogP contribution in [0.2, 0.25) is 0 Å². The number of rotatable bonds is 5. The Morgan fingerprint density at radius 2 is 1.72 bits per heavy atom. The van der Waals surface area contributed by atoms with Crippen molar-refractivity contribution in [3.8, 4) is 11.8 Å². The molecule has 0 nitrogen and oxygen atoms in total. The van der Waals surface area contributed by atoms with Crippen LogP contribution in [0.3, 0.4) is 0 Å². The highest BCUT2D eigenvalue weighted by molar-refractivity contribution is 5.83. The van der Waals surface area contributed by atoms with Crippen molar-refractivity contribution in [3.05, 3.63) is 58.5 Å². The molecule has 0 heterocycles. The Balaban J connectivity index is 1.65. The monoisotopic (exact) mass is 329 g/mol. The molecule has 1 aromatic carbocycles. The van der Waals surface area contributed by atoms with Gasteiger partial charge in [0, 0.05) is 17.6 Å². The van der Waals surface area contributed by atoms with E-state index in [1.807, 2.05) is 0 Å². The maximum Gasteiger partial charge on any atom is 0.0402 e. The van der Waals surface area contributed by atoms with Crippen molar-refractivity contribution in [1.82, 2.24) is 0 Å². The quantitative estimate of drug-likeness (QED) is 0.523. The van der Waals surface area contributed by atoms with E-state index in [0.29, 0.717) is 5.41 Å². The van der Waals surface area contributed by atoms with E-state index in [9.17, 15) is 0 Å². The first kappa shape index (κ1) is 16.7. The van der Waals surface area contributed by atoms with Crippen molar-refractivity contribution in [2.45, 2.75) is 77.0 Å². The predicted octanol–water partition coefficient (Wildman–Crippen LogP) is 6.77. The molecule has 3 aliphatic rings. The smallest absolute Gasteiger partial charge is 0.0402 e. The Labute approximate surface area is 153 Å². The standard InChI is InChI=1S/C25H29/c1-3-16-25(17-6-5-7-18-25)21-12-8-19(9-13-21)23-14-10-20-11-15-24(20)22(23)4-2/h8-10,12-13H,3-7,14,16-18H2,1-2H3. The molecule has 0 N–H and O–H groups in total. The predicted molar refractivity (Wildman–Crippen MR) is 107 cm³/mol. The van der Waals surface area contributed by atoms with Crippen LogP contribution in [0, 0.1) is 18.3 Å². The molecule has 0 saturated heterocycles. The first-order valence-electron chi connectivity index (χ1n) is 10.2. The number of allylic oxidation sites excluding steroid dienone is 4. The lowest BCUT2D eigenvalue weighted by Gasteiger charge is -2.38. The summed E-state index contributed by atoms with van der Waals surface area (Å²) < 4.78 is 0.